The first-order chi connectivity index (χ1) is 25.3. The maximum absolute atomic E-state index is 5.20. The predicted molar refractivity (Wildman–Crippen MR) is 207 cm³/mol. The molecule has 0 amide bonds. The molecule has 11 rings (SSSR count). The van der Waals surface area contributed by atoms with Crippen molar-refractivity contribution >= 4 is 56.1 Å². The average Bonchev–Trinajstić information content (AvgIpc) is 3.73. The van der Waals surface area contributed by atoms with Gasteiger partial charge in [-0.05, 0) is 76.2 Å². The average molecular weight is 654 g/mol. The number of fused-ring (bicyclic) bond motifs is 9. The van der Waals surface area contributed by atoms with Crippen LogP contribution >= 0.6 is 0 Å². The van der Waals surface area contributed by atoms with Crippen LogP contribution in [-0.2, 0) is 0 Å². The van der Waals surface area contributed by atoms with Crippen molar-refractivity contribution in [1.82, 2.24) is 24.1 Å². The van der Waals surface area contributed by atoms with E-state index in [0.29, 0.717) is 17.6 Å². The zero-order valence-corrected chi connectivity index (χ0v) is 27.4. The second kappa shape index (κ2) is 10.8. The minimum absolute atomic E-state index is 0.0788. The Bertz CT molecular complexity index is 2740. The molecule has 51 heavy (non-hydrogen) atoms. The van der Waals surface area contributed by atoms with Gasteiger partial charge in [-0.1, -0.05) is 109 Å². The summed E-state index contributed by atoms with van der Waals surface area (Å²) in [5.41, 5.74) is 12.3. The maximum atomic E-state index is 5.20. The molecule has 6 heteroatoms. The molecule has 6 aromatic carbocycles. The van der Waals surface area contributed by atoms with E-state index in [2.05, 4.69) is 148 Å². The molecule has 0 spiro atoms. The third-order valence-corrected chi connectivity index (χ3v) is 10.3. The Balaban J connectivity index is 1.21. The van der Waals surface area contributed by atoms with E-state index in [1.807, 2.05) is 36.4 Å². The molecule has 0 saturated carbocycles. The lowest BCUT2D eigenvalue weighted by atomic mass is 9.92. The molecule has 1 atom stereocenters. The summed E-state index contributed by atoms with van der Waals surface area (Å²) in [6.45, 7) is 0. The molecule has 1 aliphatic carbocycles. The lowest BCUT2D eigenvalue weighted by Gasteiger charge is -2.35. The van der Waals surface area contributed by atoms with Gasteiger partial charge in [0.25, 0.3) is 0 Å². The van der Waals surface area contributed by atoms with Crippen LogP contribution in [0.3, 0.4) is 0 Å². The molecule has 2 aliphatic heterocycles. The lowest BCUT2D eigenvalue weighted by Crippen LogP contribution is -2.43. The van der Waals surface area contributed by atoms with Crippen molar-refractivity contribution in [3.8, 4) is 28.5 Å². The fraction of sp³-hybridized carbons (Fsp3) is 0.0222. The number of rotatable bonds is 4. The van der Waals surface area contributed by atoms with E-state index in [0.717, 1.165) is 33.9 Å². The minimum atomic E-state index is -0.0788. The highest BCUT2D eigenvalue weighted by Crippen LogP contribution is 2.55. The Labute approximate surface area is 294 Å². The first kappa shape index (κ1) is 28.0. The summed E-state index contributed by atoms with van der Waals surface area (Å²) in [7, 11) is 0. The largest absolute Gasteiger partial charge is 0.442 e. The van der Waals surface area contributed by atoms with Crippen LogP contribution in [0, 0.1) is 0 Å². The molecular weight excluding hydrogens is 625 g/mol. The van der Waals surface area contributed by atoms with E-state index < -0.39 is 0 Å². The summed E-state index contributed by atoms with van der Waals surface area (Å²) in [5.74, 6) is 1.87. The topological polar surface area (TPSA) is 49.9 Å². The van der Waals surface area contributed by atoms with Crippen molar-refractivity contribution < 1.29 is 0 Å². The van der Waals surface area contributed by atoms with Gasteiger partial charge in [-0.25, -0.2) is 0 Å². The van der Waals surface area contributed by atoms with Gasteiger partial charge >= 0.3 is 5.95 Å². The van der Waals surface area contributed by atoms with Gasteiger partial charge in [0, 0.05) is 33.2 Å². The third-order valence-electron chi connectivity index (χ3n) is 10.3. The zero-order valence-electron chi connectivity index (χ0n) is 27.4. The second-order valence-corrected chi connectivity index (χ2v) is 13.1. The second-order valence-electron chi connectivity index (χ2n) is 13.1. The van der Waals surface area contributed by atoms with Crippen LogP contribution in [-0.4, -0.2) is 31.3 Å². The summed E-state index contributed by atoms with van der Waals surface area (Å²) < 4.78 is 4.68. The first-order valence-corrected chi connectivity index (χ1v) is 17.3. The fourth-order valence-corrected chi connectivity index (χ4v) is 8.16. The van der Waals surface area contributed by atoms with Gasteiger partial charge < -0.3 is 9.47 Å². The van der Waals surface area contributed by atoms with Crippen molar-refractivity contribution in [3.63, 3.8) is 0 Å². The number of anilines is 2. The van der Waals surface area contributed by atoms with Crippen molar-refractivity contribution in [2.45, 2.75) is 6.04 Å². The number of aromatic nitrogens is 4. The summed E-state index contributed by atoms with van der Waals surface area (Å²) in [4.78, 5) is 17.9. The van der Waals surface area contributed by atoms with Gasteiger partial charge in [-0.15, -0.1) is 0 Å². The highest BCUT2D eigenvalue weighted by Gasteiger charge is 2.47. The van der Waals surface area contributed by atoms with E-state index in [9.17, 15) is 0 Å². The highest BCUT2D eigenvalue weighted by atomic mass is 15.3. The van der Waals surface area contributed by atoms with Gasteiger partial charge in [-0.3, -0.25) is 0 Å². The Kier molecular flexibility index (Phi) is 5.92. The molecule has 8 aromatic rings. The Morgan fingerprint density at radius 2 is 1.22 bits per heavy atom. The normalized spacial score (nSPS) is 15.6. The Morgan fingerprint density at radius 1 is 0.569 bits per heavy atom. The van der Waals surface area contributed by atoms with Gasteiger partial charge in [0.05, 0.1) is 22.4 Å². The summed E-state index contributed by atoms with van der Waals surface area (Å²) in [6.07, 6.45) is 6.67. The molecule has 1 unspecified atom stereocenters. The van der Waals surface area contributed by atoms with E-state index in [4.69, 9.17) is 15.0 Å². The number of allylic oxidation sites excluding steroid dienone is 2. The van der Waals surface area contributed by atoms with E-state index in [-0.39, 0.29) is 6.04 Å². The van der Waals surface area contributed by atoms with E-state index >= 15 is 0 Å². The standard InChI is InChI=1S/C45H29N6/c1-4-15-29(16-5-1)43-46-44(30-17-6-2-7-18-30)48-45(47-43)50-37-24-12-13-25-38(37)51-40-33(22-14-26-39(40)50)35-28-27-34-32-21-10-11-23-36(32)49(41(34)42(35)51)31-19-8-3-9-20-31/h1-28,40H/q+1. The molecule has 0 saturated heterocycles. The number of para-hydroxylation sites is 4. The quantitative estimate of drug-likeness (QED) is 0.178. The summed E-state index contributed by atoms with van der Waals surface area (Å²) in [6, 6.07) is 53.0. The molecule has 0 bridgehead atoms. The fourth-order valence-electron chi connectivity index (χ4n) is 8.16. The number of hydrogen-bond donors (Lipinski definition) is 0. The third kappa shape index (κ3) is 4.04. The van der Waals surface area contributed by atoms with Gasteiger partial charge in [0.1, 0.15) is 17.4 Å². The predicted octanol–water partition coefficient (Wildman–Crippen LogP) is 10.1. The van der Waals surface area contributed by atoms with Crippen LogP contribution in [0.25, 0.3) is 55.8 Å². The maximum Gasteiger partial charge on any atom is 0.442 e. The molecule has 2 aromatic heterocycles. The molecule has 4 heterocycles. The first-order valence-electron chi connectivity index (χ1n) is 17.3. The van der Waals surface area contributed by atoms with E-state index in [1.165, 1.54) is 38.6 Å². The number of benzene rings is 6. The number of nitrogens with zero attached hydrogens (tertiary/aromatic N) is 6. The summed E-state index contributed by atoms with van der Waals surface area (Å²) >= 11 is 0. The molecule has 0 fully saturated rings. The smallest absolute Gasteiger partial charge is 0.322 e. The van der Waals surface area contributed by atoms with Crippen LogP contribution in [0.1, 0.15) is 5.56 Å². The SMILES string of the molecule is C1=CC2=[N+](c3nc(-c4ccccc4)nc(-c4ccccc4)n3)c3ccccc3N3c4c(ccc5c6ccccc6n(-c6ccccc6)c45)C(=C1)C23. The highest BCUT2D eigenvalue weighted by molar-refractivity contribution is 6.25. The molecule has 238 valence electrons. The van der Waals surface area contributed by atoms with Crippen LogP contribution in [0.5, 0.6) is 0 Å². The van der Waals surface area contributed by atoms with Crippen molar-refractivity contribution in [2.24, 2.45) is 0 Å². The van der Waals surface area contributed by atoms with Crippen molar-refractivity contribution in [1.29, 1.82) is 0 Å². The summed E-state index contributed by atoms with van der Waals surface area (Å²) in [5, 5.41) is 2.48. The Hall–Kier alpha value is -6.92. The van der Waals surface area contributed by atoms with Crippen LogP contribution in [0.4, 0.5) is 23.0 Å². The van der Waals surface area contributed by atoms with Gasteiger partial charge in [0.15, 0.2) is 0 Å². The van der Waals surface area contributed by atoms with Crippen LogP contribution in [0.2, 0.25) is 0 Å². The zero-order chi connectivity index (χ0) is 33.5. The van der Waals surface area contributed by atoms with Gasteiger partial charge in [0.2, 0.25) is 11.6 Å². The molecule has 0 N–H and O–H groups in total. The lowest BCUT2D eigenvalue weighted by molar-refractivity contribution is 0.872. The van der Waals surface area contributed by atoms with Gasteiger partial charge in [-0.2, -0.15) is 9.56 Å². The van der Waals surface area contributed by atoms with Crippen LogP contribution < -0.4 is 9.48 Å². The van der Waals surface area contributed by atoms with E-state index in [1.54, 1.807) is 0 Å². The molecule has 3 aliphatic rings. The monoisotopic (exact) mass is 653 g/mol. The molecular formula is C45H29N6+. The van der Waals surface area contributed by atoms with Crippen molar-refractivity contribution in [2.75, 3.05) is 4.90 Å². The number of hydrogen-bond acceptors (Lipinski definition) is 4. The molecule has 0 radical (unpaired) electrons. The molecule has 6 nitrogen and oxygen atoms in total. The van der Waals surface area contributed by atoms with Crippen molar-refractivity contribution in [3.05, 3.63) is 175 Å². The van der Waals surface area contributed by atoms with Crippen LogP contribution in [0.15, 0.2) is 170 Å². The minimum Gasteiger partial charge on any atom is -0.322 e. The Morgan fingerprint density at radius 3 is 1.96 bits per heavy atom.